The van der Waals surface area contributed by atoms with Gasteiger partial charge in [0.15, 0.2) is 5.58 Å². The number of carbonyl (C=O) groups is 1. The van der Waals surface area contributed by atoms with Gasteiger partial charge < -0.3 is 14.8 Å². The first-order valence-corrected chi connectivity index (χ1v) is 7.33. The topological polar surface area (TPSA) is 84.5 Å². The number of nitrogens with zero attached hydrogens (tertiary/aromatic N) is 1. The number of hydrogen-bond acceptors (Lipinski definition) is 4. The standard InChI is InChI=1S/C16H18N2O4/c19-14(17-11-16(21)8-4-1-5-9-16)10-18-12-6-2-3-7-13(12)22-15(18)20/h2-4,6-8,21H,1,5,9-11H2,(H,17,19). The summed E-state index contributed by atoms with van der Waals surface area (Å²) in [5.74, 6) is -0.895. The highest BCUT2D eigenvalue weighted by Crippen LogP contribution is 2.21. The number of aromatic nitrogens is 1. The first kappa shape index (κ1) is 14.6. The lowest BCUT2D eigenvalue weighted by atomic mass is 9.91. The second-order valence-electron chi connectivity index (χ2n) is 5.60. The van der Waals surface area contributed by atoms with E-state index in [9.17, 15) is 14.7 Å². The maximum absolute atomic E-state index is 12.0. The summed E-state index contributed by atoms with van der Waals surface area (Å²) in [5, 5.41) is 13.0. The van der Waals surface area contributed by atoms with Crippen LogP contribution in [0.2, 0.25) is 0 Å². The molecular weight excluding hydrogens is 284 g/mol. The number of amides is 1. The Morgan fingerprint density at radius 3 is 3.00 bits per heavy atom. The van der Waals surface area contributed by atoms with Gasteiger partial charge in [0.1, 0.15) is 6.54 Å². The fourth-order valence-corrected chi connectivity index (χ4v) is 2.67. The smallest absolute Gasteiger partial charge is 0.408 e. The van der Waals surface area contributed by atoms with E-state index < -0.39 is 11.4 Å². The zero-order chi connectivity index (χ0) is 15.6. The molecule has 1 aliphatic carbocycles. The molecule has 0 radical (unpaired) electrons. The van der Waals surface area contributed by atoms with Crippen LogP contribution in [0, 0.1) is 0 Å². The fraction of sp³-hybridized carbons (Fsp3) is 0.375. The Morgan fingerprint density at radius 1 is 1.41 bits per heavy atom. The molecule has 0 aliphatic heterocycles. The molecule has 0 bridgehead atoms. The van der Waals surface area contributed by atoms with E-state index in [0.717, 1.165) is 12.8 Å². The predicted octanol–water partition coefficient (Wildman–Crippen LogP) is 1.18. The van der Waals surface area contributed by atoms with E-state index >= 15 is 0 Å². The molecule has 1 aliphatic rings. The molecule has 1 unspecified atom stereocenters. The molecule has 1 aromatic heterocycles. The number of para-hydroxylation sites is 2. The summed E-state index contributed by atoms with van der Waals surface area (Å²) in [5.41, 5.74) is 0.0465. The maximum Gasteiger partial charge on any atom is 0.420 e. The molecule has 0 fully saturated rings. The third-order valence-electron chi connectivity index (χ3n) is 3.88. The van der Waals surface area contributed by atoms with Crippen LogP contribution in [0.15, 0.2) is 45.6 Å². The van der Waals surface area contributed by atoms with Crippen molar-refractivity contribution < 1.29 is 14.3 Å². The highest BCUT2D eigenvalue weighted by atomic mass is 16.4. The minimum atomic E-state index is -0.989. The second-order valence-corrected chi connectivity index (χ2v) is 5.60. The van der Waals surface area contributed by atoms with E-state index in [0.29, 0.717) is 17.5 Å². The van der Waals surface area contributed by atoms with Gasteiger partial charge in [-0.3, -0.25) is 9.36 Å². The molecule has 6 heteroatoms. The molecule has 0 saturated carbocycles. The number of hydrogen-bond donors (Lipinski definition) is 2. The summed E-state index contributed by atoms with van der Waals surface area (Å²) in [6.07, 6.45) is 6.12. The van der Waals surface area contributed by atoms with E-state index in [1.807, 2.05) is 6.08 Å². The summed E-state index contributed by atoms with van der Waals surface area (Å²) in [6.45, 7) is 0.0164. The Labute approximate surface area is 127 Å². The van der Waals surface area contributed by atoms with E-state index in [1.54, 1.807) is 30.3 Å². The monoisotopic (exact) mass is 302 g/mol. The lowest BCUT2D eigenvalue weighted by Gasteiger charge is -2.27. The van der Waals surface area contributed by atoms with Crippen molar-refractivity contribution in [1.82, 2.24) is 9.88 Å². The molecule has 22 heavy (non-hydrogen) atoms. The zero-order valence-electron chi connectivity index (χ0n) is 12.1. The lowest BCUT2D eigenvalue weighted by Crippen LogP contribution is -2.43. The van der Waals surface area contributed by atoms with Crippen molar-refractivity contribution in [1.29, 1.82) is 0 Å². The van der Waals surface area contributed by atoms with Crippen molar-refractivity contribution in [3.8, 4) is 0 Å². The average Bonchev–Trinajstić information content (AvgIpc) is 2.82. The average molecular weight is 302 g/mol. The summed E-state index contributed by atoms with van der Waals surface area (Å²) in [4.78, 5) is 23.8. The number of carbonyl (C=O) groups excluding carboxylic acids is 1. The van der Waals surface area contributed by atoms with E-state index in [-0.39, 0.29) is 19.0 Å². The van der Waals surface area contributed by atoms with Crippen LogP contribution in [0.1, 0.15) is 19.3 Å². The van der Waals surface area contributed by atoms with Crippen molar-refractivity contribution in [2.75, 3.05) is 6.54 Å². The maximum atomic E-state index is 12.0. The van der Waals surface area contributed by atoms with Crippen LogP contribution >= 0.6 is 0 Å². The van der Waals surface area contributed by atoms with Crippen molar-refractivity contribution >= 4 is 17.0 Å². The summed E-state index contributed by atoms with van der Waals surface area (Å²) >= 11 is 0. The fourth-order valence-electron chi connectivity index (χ4n) is 2.67. The van der Waals surface area contributed by atoms with Crippen LogP contribution in [0.3, 0.4) is 0 Å². The second kappa shape index (κ2) is 5.81. The number of fused-ring (bicyclic) bond motifs is 1. The van der Waals surface area contributed by atoms with Gasteiger partial charge in [-0.05, 0) is 31.4 Å². The van der Waals surface area contributed by atoms with Crippen LogP contribution in [-0.4, -0.2) is 27.7 Å². The van der Waals surface area contributed by atoms with E-state index in [1.165, 1.54) is 4.57 Å². The Bertz CT molecular complexity index is 774. The van der Waals surface area contributed by atoms with Crippen LogP contribution in [-0.2, 0) is 11.3 Å². The van der Waals surface area contributed by atoms with Gasteiger partial charge in [0.2, 0.25) is 5.91 Å². The molecule has 116 valence electrons. The quantitative estimate of drug-likeness (QED) is 0.831. The van der Waals surface area contributed by atoms with Gasteiger partial charge in [0.25, 0.3) is 0 Å². The third kappa shape index (κ3) is 2.96. The van der Waals surface area contributed by atoms with Crippen molar-refractivity contribution in [3.05, 3.63) is 47.0 Å². The number of rotatable bonds is 4. The van der Waals surface area contributed by atoms with E-state index in [4.69, 9.17) is 4.42 Å². The molecule has 3 rings (SSSR count). The summed E-state index contributed by atoms with van der Waals surface area (Å²) < 4.78 is 6.36. The molecule has 2 N–H and O–H groups in total. The molecule has 0 saturated heterocycles. The summed E-state index contributed by atoms with van der Waals surface area (Å²) in [7, 11) is 0. The Kier molecular flexibility index (Phi) is 3.85. The molecule has 0 spiro atoms. The van der Waals surface area contributed by atoms with Crippen LogP contribution in [0.25, 0.3) is 11.1 Å². The van der Waals surface area contributed by atoms with Crippen LogP contribution in [0.5, 0.6) is 0 Å². The minimum absolute atomic E-state index is 0.129. The zero-order valence-corrected chi connectivity index (χ0v) is 12.1. The molecule has 2 aromatic rings. The highest BCUT2D eigenvalue weighted by Gasteiger charge is 2.25. The number of oxazole rings is 1. The van der Waals surface area contributed by atoms with Crippen LogP contribution in [0.4, 0.5) is 0 Å². The number of benzene rings is 1. The van der Waals surface area contributed by atoms with Crippen molar-refractivity contribution in [2.45, 2.75) is 31.4 Å². The molecule has 1 amide bonds. The van der Waals surface area contributed by atoms with E-state index in [2.05, 4.69) is 5.32 Å². The van der Waals surface area contributed by atoms with Gasteiger partial charge in [0, 0.05) is 6.54 Å². The first-order valence-electron chi connectivity index (χ1n) is 7.33. The Morgan fingerprint density at radius 2 is 2.23 bits per heavy atom. The van der Waals surface area contributed by atoms with Gasteiger partial charge in [-0.15, -0.1) is 0 Å². The number of aliphatic hydroxyl groups is 1. The van der Waals surface area contributed by atoms with Crippen molar-refractivity contribution in [3.63, 3.8) is 0 Å². The first-order chi connectivity index (χ1) is 10.6. The summed E-state index contributed by atoms with van der Waals surface area (Å²) in [6, 6.07) is 6.95. The van der Waals surface area contributed by atoms with Gasteiger partial charge in [-0.25, -0.2) is 4.79 Å². The highest BCUT2D eigenvalue weighted by molar-refractivity contribution is 5.79. The molecule has 6 nitrogen and oxygen atoms in total. The Hall–Kier alpha value is -2.34. The number of nitrogens with one attached hydrogen (secondary N) is 1. The minimum Gasteiger partial charge on any atom is -0.408 e. The molecular formula is C16H18N2O4. The van der Waals surface area contributed by atoms with Gasteiger partial charge in [0.05, 0.1) is 11.1 Å². The molecule has 1 atom stereocenters. The number of allylic oxidation sites excluding steroid dienone is 1. The Balaban J connectivity index is 1.69. The van der Waals surface area contributed by atoms with Gasteiger partial charge in [-0.2, -0.15) is 0 Å². The predicted molar refractivity (Wildman–Crippen MR) is 81.4 cm³/mol. The van der Waals surface area contributed by atoms with Gasteiger partial charge >= 0.3 is 5.76 Å². The SMILES string of the molecule is O=C(Cn1c(=O)oc2ccccc21)NCC1(O)C=CCCC1. The van der Waals surface area contributed by atoms with Gasteiger partial charge in [-0.1, -0.05) is 24.3 Å². The van der Waals surface area contributed by atoms with Crippen molar-refractivity contribution in [2.24, 2.45) is 0 Å². The normalized spacial score (nSPS) is 21.1. The largest absolute Gasteiger partial charge is 0.420 e. The molecule has 1 aromatic carbocycles. The lowest BCUT2D eigenvalue weighted by molar-refractivity contribution is -0.122. The van der Waals surface area contributed by atoms with Crippen LogP contribution < -0.4 is 11.1 Å². The molecule has 1 heterocycles. The third-order valence-corrected chi connectivity index (χ3v) is 3.88.